The molecule has 35 heavy (non-hydrogen) atoms. The molecule has 2 heteroatoms. The smallest absolute Gasteiger partial charge is 0.0449 e. The van der Waals surface area contributed by atoms with E-state index in [2.05, 4.69) is 40.0 Å². The van der Waals surface area contributed by atoms with Crippen LogP contribution in [0.1, 0.15) is 110 Å². The zero-order valence-corrected chi connectivity index (χ0v) is 26.5. The van der Waals surface area contributed by atoms with E-state index in [1.165, 1.54) is 23.9 Å². The van der Waals surface area contributed by atoms with Gasteiger partial charge in [0, 0.05) is 15.2 Å². The lowest BCUT2D eigenvalue weighted by Crippen LogP contribution is -2.62. The van der Waals surface area contributed by atoms with E-state index in [1.807, 2.05) is 0 Å². The molecule has 0 spiro atoms. The molecule has 6 rings (SSSR count). The van der Waals surface area contributed by atoms with Gasteiger partial charge in [0.1, 0.15) is 0 Å². The van der Waals surface area contributed by atoms with Gasteiger partial charge in [-0.3, -0.25) is 0 Å². The zero-order chi connectivity index (χ0) is 24.5. The first kappa shape index (κ1) is 25.7. The first-order chi connectivity index (χ1) is 16.7. The fourth-order valence-corrected chi connectivity index (χ4v) is 27.1. The molecule has 0 bridgehead atoms. The van der Waals surface area contributed by atoms with Crippen molar-refractivity contribution in [2.75, 3.05) is 0 Å². The first-order valence-corrected chi connectivity index (χ1v) is 23.9. The molecule has 12 unspecified atom stereocenters. The molecule has 0 aromatic heterocycles. The fraction of sp³-hybridized carbons (Fsp3) is 1.00. The van der Waals surface area contributed by atoms with Gasteiger partial charge in [-0.15, -0.1) is 0 Å². The lowest BCUT2D eigenvalue weighted by atomic mass is 9.67. The van der Waals surface area contributed by atoms with E-state index in [0.717, 1.165) is 59.2 Å². The van der Waals surface area contributed by atoms with E-state index >= 15 is 0 Å². The minimum atomic E-state index is -1.30. The molecule has 0 aromatic rings. The lowest BCUT2D eigenvalue weighted by molar-refractivity contribution is 0.108. The van der Waals surface area contributed by atoms with Crippen LogP contribution in [-0.4, -0.2) is 15.2 Å². The van der Waals surface area contributed by atoms with Crippen LogP contribution in [0.4, 0.5) is 0 Å². The Hall–Kier alpha value is 0.434. The van der Waals surface area contributed by atoms with Gasteiger partial charge < -0.3 is 0 Å². The maximum absolute atomic E-state index is 2.99. The van der Waals surface area contributed by atoms with Gasteiger partial charge in [-0.2, -0.15) is 0 Å². The van der Waals surface area contributed by atoms with Gasteiger partial charge in [0.25, 0.3) is 0 Å². The third-order valence-corrected chi connectivity index (χ3v) is 35.7. The summed E-state index contributed by atoms with van der Waals surface area (Å²) in [4.78, 5) is 0. The van der Waals surface area contributed by atoms with Crippen molar-refractivity contribution < 1.29 is 0 Å². The van der Waals surface area contributed by atoms with Crippen LogP contribution < -0.4 is 0 Å². The number of rotatable bonds is 6. The summed E-state index contributed by atoms with van der Waals surface area (Å²) < 4.78 is 0. The largest absolute Gasteiger partial charge is 0.0711 e. The highest BCUT2D eigenvalue weighted by Crippen LogP contribution is 2.66. The molecule has 6 aliphatic carbocycles. The molecule has 6 fully saturated rings. The van der Waals surface area contributed by atoms with Crippen LogP contribution in [0.15, 0.2) is 0 Å². The zero-order valence-electron chi connectivity index (χ0n) is 24.5. The topological polar surface area (TPSA) is 0 Å². The molecule has 0 radical (unpaired) electrons. The summed E-state index contributed by atoms with van der Waals surface area (Å²) in [6, 6.07) is 0. The molecule has 12 atom stereocenters. The monoisotopic (exact) mass is 512 g/mol. The van der Waals surface area contributed by atoms with E-state index < -0.39 is 15.2 Å². The van der Waals surface area contributed by atoms with E-state index in [0.29, 0.717) is 0 Å². The summed E-state index contributed by atoms with van der Waals surface area (Å²) in [6.07, 6.45) is 23.9. The SMILES string of the molecule is CCCC(C)C1CC([Si](C)(C)[Si](C)(C)C2CCC3CC4CCCC4CC32)C2CC3CCCC3CC12. The standard InChI is InChI=1S/C33H60Si2/c1-7-10-22(2)28-21-33(31-20-26-14-9-13-25(26)19-30(28)31)35(5,6)34(3,4)32-16-15-27-17-23-11-8-12-24(23)18-29(27)32/h22-33H,7-21H2,1-6H3. The van der Waals surface area contributed by atoms with E-state index in [-0.39, 0.29) is 0 Å². The highest BCUT2D eigenvalue weighted by atomic mass is 29.3. The minimum absolute atomic E-state index is 0.985. The third-order valence-electron chi connectivity index (χ3n) is 15.1. The molecular formula is C33H60Si2. The van der Waals surface area contributed by atoms with Crippen LogP contribution in [0.25, 0.3) is 0 Å². The van der Waals surface area contributed by atoms with Crippen molar-refractivity contribution in [3.05, 3.63) is 0 Å². The number of hydrogen-bond acceptors (Lipinski definition) is 0. The first-order valence-electron chi connectivity index (χ1n) is 16.7. The Morgan fingerprint density at radius 1 is 0.571 bits per heavy atom. The van der Waals surface area contributed by atoms with Gasteiger partial charge in [0.05, 0.1) is 0 Å². The summed E-state index contributed by atoms with van der Waals surface area (Å²) >= 11 is 0. The summed E-state index contributed by atoms with van der Waals surface area (Å²) in [5.41, 5.74) is 2.35. The summed E-state index contributed by atoms with van der Waals surface area (Å²) in [6.45, 7) is 17.1. The molecule has 6 saturated carbocycles. The van der Waals surface area contributed by atoms with Gasteiger partial charge in [-0.1, -0.05) is 104 Å². The predicted molar refractivity (Wildman–Crippen MR) is 158 cm³/mol. The van der Waals surface area contributed by atoms with Gasteiger partial charge in [0.15, 0.2) is 0 Å². The van der Waals surface area contributed by atoms with Crippen LogP contribution in [0.5, 0.6) is 0 Å². The van der Waals surface area contributed by atoms with Crippen LogP contribution in [0, 0.1) is 59.2 Å². The Labute approximate surface area is 221 Å². The van der Waals surface area contributed by atoms with Crippen LogP contribution in [-0.2, 0) is 0 Å². The average Bonchev–Trinajstić information content (AvgIpc) is 3.60. The molecule has 0 aliphatic heterocycles. The van der Waals surface area contributed by atoms with Crippen LogP contribution >= 0.6 is 0 Å². The molecule has 0 heterocycles. The molecular weight excluding hydrogens is 453 g/mol. The van der Waals surface area contributed by atoms with Crippen LogP contribution in [0.3, 0.4) is 0 Å². The van der Waals surface area contributed by atoms with Gasteiger partial charge >= 0.3 is 0 Å². The minimum Gasteiger partial charge on any atom is -0.0711 e. The van der Waals surface area contributed by atoms with E-state index in [9.17, 15) is 0 Å². The molecule has 0 saturated heterocycles. The Bertz CT molecular complexity index is 756. The second-order valence-corrected chi connectivity index (χ2v) is 32.6. The maximum atomic E-state index is 2.99. The third kappa shape index (κ3) is 4.15. The highest BCUT2D eigenvalue weighted by molar-refractivity contribution is 7.41. The Morgan fingerprint density at radius 3 is 1.74 bits per heavy atom. The van der Waals surface area contributed by atoms with Gasteiger partial charge in [-0.25, -0.2) is 0 Å². The average molecular weight is 513 g/mol. The predicted octanol–water partition coefficient (Wildman–Crippen LogP) is 10.4. The van der Waals surface area contributed by atoms with E-state index in [4.69, 9.17) is 0 Å². The Balaban J connectivity index is 1.26. The summed E-state index contributed by atoms with van der Waals surface area (Å²) in [7, 11) is -2.57. The van der Waals surface area contributed by atoms with Crippen molar-refractivity contribution in [3.8, 4) is 0 Å². The van der Waals surface area contributed by atoms with Crippen molar-refractivity contribution in [3.63, 3.8) is 0 Å². The van der Waals surface area contributed by atoms with Crippen molar-refractivity contribution in [1.82, 2.24) is 0 Å². The second-order valence-electron chi connectivity index (χ2n) is 16.5. The highest BCUT2D eigenvalue weighted by Gasteiger charge is 2.62. The van der Waals surface area contributed by atoms with Crippen LogP contribution in [0.2, 0.25) is 37.3 Å². The lowest BCUT2D eigenvalue weighted by Gasteiger charge is -2.52. The number of hydrogen-bond donors (Lipinski definition) is 0. The molecule has 0 aromatic carbocycles. The normalized spacial score (nSPS) is 48.3. The van der Waals surface area contributed by atoms with Crippen molar-refractivity contribution in [2.24, 2.45) is 59.2 Å². The summed E-state index contributed by atoms with van der Waals surface area (Å²) in [5, 5.41) is 0. The fourth-order valence-electron chi connectivity index (χ4n) is 12.7. The molecule has 0 N–H and O–H groups in total. The van der Waals surface area contributed by atoms with E-state index in [1.54, 1.807) is 83.5 Å². The molecule has 6 aliphatic rings. The number of fused-ring (bicyclic) bond motifs is 4. The second kappa shape index (κ2) is 9.57. The Morgan fingerprint density at radius 2 is 1.11 bits per heavy atom. The van der Waals surface area contributed by atoms with Gasteiger partial charge in [0.2, 0.25) is 0 Å². The molecule has 0 amide bonds. The van der Waals surface area contributed by atoms with Crippen molar-refractivity contribution in [1.29, 1.82) is 0 Å². The van der Waals surface area contributed by atoms with Crippen molar-refractivity contribution in [2.45, 2.75) is 147 Å². The Kier molecular flexibility index (Phi) is 7.02. The van der Waals surface area contributed by atoms with Gasteiger partial charge in [-0.05, 0) is 102 Å². The maximum Gasteiger partial charge on any atom is 0.0449 e. The summed E-state index contributed by atoms with van der Waals surface area (Å²) in [5.74, 6) is 11.1. The quantitative estimate of drug-likeness (QED) is 0.310. The molecule has 200 valence electrons. The molecule has 0 nitrogen and oxygen atoms in total. The van der Waals surface area contributed by atoms with Crippen molar-refractivity contribution >= 4 is 15.2 Å².